The molecule has 0 unspecified atom stereocenters. The number of likely N-dealkylation sites (N-methyl/N-ethyl adjacent to an activating group) is 3. The smallest absolute Gasteiger partial charge is 0.348 e. The van der Waals surface area contributed by atoms with Crippen LogP contribution in [0.25, 0.3) is 18.2 Å². The van der Waals surface area contributed by atoms with E-state index in [1.54, 1.807) is 115 Å². The van der Waals surface area contributed by atoms with E-state index in [0.717, 1.165) is 17.1 Å². The second-order valence-corrected chi connectivity index (χ2v) is 17.3. The molecule has 0 fully saturated rings. The van der Waals surface area contributed by atoms with Gasteiger partial charge in [0.1, 0.15) is 74.6 Å². The Hall–Kier alpha value is -9.21. The molecule has 0 aliphatic carbocycles. The average Bonchev–Trinajstić information content (AvgIpc) is 3.39. The first-order valence-corrected chi connectivity index (χ1v) is 22.9. The van der Waals surface area contributed by atoms with Crippen molar-refractivity contribution in [2.45, 2.75) is 27.7 Å². The molecule has 0 bridgehead atoms. The highest BCUT2D eigenvalue weighted by atomic mass is 16.6. The summed E-state index contributed by atoms with van der Waals surface area (Å²) in [5.74, 6) is -4.63. The third kappa shape index (κ3) is 19.5. The van der Waals surface area contributed by atoms with Gasteiger partial charge < -0.3 is 43.1 Å². The Morgan fingerprint density at radius 3 is 0.878 bits per heavy atom. The quantitative estimate of drug-likeness (QED) is 0.0320. The molecule has 0 atom stereocenters. The molecule has 0 radical (unpaired) electrons. The highest BCUT2D eigenvalue weighted by Crippen LogP contribution is 2.24. The SMILES string of the molecule is C=C(C)C(=O)OCCN(C)c1ccc(/C=C(\C#N)C(=O)OCC(C)(COC(=O)/C(C#N)=C/c2ccc(N(C)CCOC(=O)C(=C)C)cc2)COC(=O)/C(C#N)=C/c2ccc(N(C)CCOC(=O)C(=C)C)cc2)cc1. The summed E-state index contributed by atoms with van der Waals surface area (Å²) in [5, 5.41) is 29.9. The number of carbonyl (C=O) groups is 6. The van der Waals surface area contributed by atoms with Gasteiger partial charge in [0.05, 0.1) is 25.0 Å². The Kier molecular flexibility index (Phi) is 23.3. The van der Waals surface area contributed by atoms with Crippen molar-refractivity contribution in [2.24, 2.45) is 5.41 Å². The predicted molar refractivity (Wildman–Crippen MR) is 278 cm³/mol. The Balaban J connectivity index is 1.80. The van der Waals surface area contributed by atoms with E-state index in [1.165, 1.54) is 25.2 Å². The summed E-state index contributed by atoms with van der Waals surface area (Å²) in [7, 11) is 5.39. The summed E-state index contributed by atoms with van der Waals surface area (Å²) in [4.78, 5) is 80.9. The Bertz CT molecular complexity index is 2490. The van der Waals surface area contributed by atoms with Gasteiger partial charge in [-0.25, -0.2) is 28.8 Å². The number of ether oxygens (including phenoxy) is 6. The van der Waals surface area contributed by atoms with Crippen LogP contribution in [-0.2, 0) is 57.2 Å². The molecule has 386 valence electrons. The van der Waals surface area contributed by atoms with Crippen molar-refractivity contribution in [1.82, 2.24) is 0 Å². The second-order valence-electron chi connectivity index (χ2n) is 17.3. The predicted octanol–water partition coefficient (Wildman–Crippen LogP) is 7.11. The van der Waals surface area contributed by atoms with Crippen molar-refractivity contribution in [3.63, 3.8) is 0 Å². The molecule has 0 N–H and O–H groups in total. The molecular formula is C56H60N6O12. The molecule has 3 rings (SSSR count). The minimum Gasteiger partial charge on any atom is -0.461 e. The summed E-state index contributed by atoms with van der Waals surface area (Å²) in [6, 6.07) is 25.9. The Morgan fingerprint density at radius 2 is 0.676 bits per heavy atom. The van der Waals surface area contributed by atoms with Crippen LogP contribution in [-0.4, -0.2) is 116 Å². The zero-order valence-corrected chi connectivity index (χ0v) is 42.7. The topological polar surface area (TPSA) is 239 Å². The van der Waals surface area contributed by atoms with Gasteiger partial charge in [-0.3, -0.25) is 0 Å². The fraction of sp³-hybridized carbons (Fsp3) is 0.304. The molecule has 0 aromatic heterocycles. The lowest BCUT2D eigenvalue weighted by Crippen LogP contribution is -2.37. The highest BCUT2D eigenvalue weighted by molar-refractivity contribution is 5.99. The van der Waals surface area contributed by atoms with Gasteiger partial charge in [0, 0.05) is 54.9 Å². The van der Waals surface area contributed by atoms with Gasteiger partial charge in [0.2, 0.25) is 0 Å². The summed E-state index contributed by atoms with van der Waals surface area (Å²) < 4.78 is 32.2. The maximum atomic E-state index is 13.4. The lowest BCUT2D eigenvalue weighted by atomic mass is 9.94. The molecule has 18 nitrogen and oxygen atoms in total. The minimum absolute atomic E-state index is 0.124. The molecule has 0 aliphatic rings. The van der Waals surface area contributed by atoms with Crippen LogP contribution in [0.3, 0.4) is 0 Å². The molecule has 0 spiro atoms. The molecule has 0 heterocycles. The summed E-state index contributed by atoms with van der Waals surface area (Å²) in [5.41, 5.74) is 1.93. The number of hydrogen-bond donors (Lipinski definition) is 0. The third-order valence-corrected chi connectivity index (χ3v) is 10.6. The van der Waals surface area contributed by atoms with Crippen LogP contribution in [0, 0.1) is 39.4 Å². The third-order valence-electron chi connectivity index (χ3n) is 10.6. The van der Waals surface area contributed by atoms with Crippen LogP contribution in [0.5, 0.6) is 0 Å². The van der Waals surface area contributed by atoms with Gasteiger partial charge in [-0.2, -0.15) is 15.8 Å². The number of carbonyl (C=O) groups excluding carboxylic acids is 6. The van der Waals surface area contributed by atoms with Gasteiger partial charge in [-0.1, -0.05) is 56.1 Å². The Labute approximate surface area is 431 Å². The highest BCUT2D eigenvalue weighted by Gasteiger charge is 2.33. The minimum atomic E-state index is -1.50. The van der Waals surface area contributed by atoms with Crippen molar-refractivity contribution in [1.29, 1.82) is 15.8 Å². The van der Waals surface area contributed by atoms with E-state index in [9.17, 15) is 44.6 Å². The van der Waals surface area contributed by atoms with E-state index in [2.05, 4.69) is 19.7 Å². The van der Waals surface area contributed by atoms with E-state index in [1.807, 2.05) is 32.9 Å². The molecule has 0 amide bonds. The number of esters is 6. The summed E-state index contributed by atoms with van der Waals surface area (Å²) in [6.45, 7) is 16.6. The molecule has 0 aliphatic heterocycles. The molecular weight excluding hydrogens is 949 g/mol. The zero-order chi connectivity index (χ0) is 55.0. The van der Waals surface area contributed by atoms with Crippen molar-refractivity contribution in [2.75, 3.05) is 95.1 Å². The van der Waals surface area contributed by atoms with Crippen molar-refractivity contribution in [3.05, 3.63) is 143 Å². The number of rotatable bonds is 27. The number of nitriles is 3. The molecule has 74 heavy (non-hydrogen) atoms. The van der Waals surface area contributed by atoms with Crippen LogP contribution < -0.4 is 14.7 Å². The largest absolute Gasteiger partial charge is 0.461 e. The maximum Gasteiger partial charge on any atom is 0.348 e. The molecule has 0 saturated carbocycles. The maximum absolute atomic E-state index is 13.4. The van der Waals surface area contributed by atoms with Gasteiger partial charge in [-0.15, -0.1) is 0 Å². The van der Waals surface area contributed by atoms with Crippen LogP contribution in [0.15, 0.2) is 126 Å². The van der Waals surface area contributed by atoms with Gasteiger partial charge in [0.15, 0.2) is 0 Å². The summed E-state index contributed by atoms with van der Waals surface area (Å²) in [6.07, 6.45) is 3.93. The normalized spacial score (nSPS) is 11.3. The van der Waals surface area contributed by atoms with Gasteiger partial charge >= 0.3 is 35.8 Å². The van der Waals surface area contributed by atoms with Crippen LogP contribution >= 0.6 is 0 Å². The fourth-order valence-electron chi connectivity index (χ4n) is 6.05. The Morgan fingerprint density at radius 1 is 0.446 bits per heavy atom. The van der Waals surface area contributed by atoms with E-state index in [-0.39, 0.29) is 53.3 Å². The number of benzene rings is 3. The van der Waals surface area contributed by atoms with Crippen molar-refractivity contribution >= 4 is 71.1 Å². The van der Waals surface area contributed by atoms with E-state index < -0.39 is 61.1 Å². The van der Waals surface area contributed by atoms with Crippen molar-refractivity contribution < 1.29 is 57.2 Å². The average molecular weight is 1010 g/mol. The van der Waals surface area contributed by atoms with Crippen molar-refractivity contribution in [3.8, 4) is 18.2 Å². The standard InChI is InChI=1S/C56H60N6O12/c1-38(2)50(63)69-26-23-60(8)47-17-11-41(12-18-47)29-44(32-57)53(66)72-35-56(7,36-73-54(67)45(33-58)30-42-13-19-48(20-14-42)61(9)24-27-70-51(64)39(3)4)37-74-55(68)46(34-59)31-43-15-21-49(22-16-43)62(10)25-28-71-52(65)40(5)6/h11-22,29-31H,1,3,5,23-28,35-37H2,2,4,6-10H3/b44-29+,45-30+,46-31+. The second kappa shape index (κ2) is 29.2. The number of nitrogens with zero attached hydrogens (tertiary/aromatic N) is 6. The van der Waals surface area contributed by atoms with Crippen LogP contribution in [0.4, 0.5) is 17.1 Å². The molecule has 0 saturated heterocycles. The molecule has 3 aromatic rings. The van der Waals surface area contributed by atoms with E-state index in [4.69, 9.17) is 28.4 Å². The monoisotopic (exact) mass is 1010 g/mol. The van der Waals surface area contributed by atoms with E-state index in [0.29, 0.717) is 36.3 Å². The van der Waals surface area contributed by atoms with Crippen LogP contribution in [0.1, 0.15) is 44.4 Å². The fourth-order valence-corrected chi connectivity index (χ4v) is 6.05. The summed E-state index contributed by atoms with van der Waals surface area (Å²) >= 11 is 0. The first-order chi connectivity index (χ1) is 35.1. The lowest BCUT2D eigenvalue weighted by Gasteiger charge is -2.28. The number of anilines is 3. The zero-order valence-electron chi connectivity index (χ0n) is 42.7. The number of hydrogen-bond acceptors (Lipinski definition) is 18. The molecule has 18 heteroatoms. The molecule has 3 aromatic carbocycles. The van der Waals surface area contributed by atoms with Crippen LogP contribution in [0.2, 0.25) is 0 Å². The first-order valence-electron chi connectivity index (χ1n) is 22.9. The first kappa shape index (κ1) is 59.1. The van der Waals surface area contributed by atoms with E-state index >= 15 is 0 Å². The van der Waals surface area contributed by atoms with Gasteiger partial charge in [0.25, 0.3) is 0 Å². The lowest BCUT2D eigenvalue weighted by molar-refractivity contribution is -0.155. The van der Waals surface area contributed by atoms with Gasteiger partial charge in [-0.05, 0) is 99.0 Å².